The van der Waals surface area contributed by atoms with Crippen molar-refractivity contribution < 1.29 is 23.9 Å². The Labute approximate surface area is 174 Å². The highest BCUT2D eigenvalue weighted by Gasteiger charge is 2.22. The number of aromatic nitrogens is 1. The van der Waals surface area contributed by atoms with Crippen LogP contribution in [-0.2, 0) is 19.1 Å². The highest BCUT2D eigenvalue weighted by atomic mass is 16.5. The summed E-state index contributed by atoms with van der Waals surface area (Å²) in [6, 6.07) is 13.9. The number of nitrogens with zero attached hydrogens (tertiary/aromatic N) is 1. The Kier molecular flexibility index (Phi) is 6.51. The molecule has 3 rings (SSSR count). The Morgan fingerprint density at radius 1 is 1.00 bits per heavy atom. The molecule has 3 aromatic rings. The molecule has 0 saturated carbocycles. The smallest absolute Gasteiger partial charge is 0.338 e. The molecule has 2 aromatic carbocycles. The lowest BCUT2D eigenvalue weighted by molar-refractivity contribution is -0.142. The van der Waals surface area contributed by atoms with Crippen LogP contribution in [0.25, 0.3) is 10.9 Å². The average molecular weight is 408 g/mol. The van der Waals surface area contributed by atoms with Crippen molar-refractivity contribution in [3.63, 3.8) is 0 Å². The minimum Gasteiger partial charge on any atom is -0.465 e. The molecule has 0 aliphatic heterocycles. The van der Waals surface area contributed by atoms with E-state index in [1.54, 1.807) is 49.4 Å². The summed E-state index contributed by atoms with van der Waals surface area (Å²) in [7, 11) is 0. The molecule has 0 spiro atoms. The van der Waals surface area contributed by atoms with Gasteiger partial charge in [-0.1, -0.05) is 18.2 Å². The van der Waals surface area contributed by atoms with E-state index in [1.165, 1.54) is 4.90 Å². The first-order chi connectivity index (χ1) is 14.4. The van der Waals surface area contributed by atoms with Gasteiger partial charge < -0.3 is 14.5 Å². The number of carbonyl (C=O) groups is 3. The van der Waals surface area contributed by atoms with Crippen LogP contribution in [0.1, 0.15) is 28.5 Å². The van der Waals surface area contributed by atoms with Gasteiger partial charge in [-0.3, -0.25) is 14.5 Å². The minimum atomic E-state index is -0.604. The molecular weight excluding hydrogens is 384 g/mol. The van der Waals surface area contributed by atoms with E-state index in [2.05, 4.69) is 4.98 Å². The molecule has 30 heavy (non-hydrogen) atoms. The molecule has 156 valence electrons. The third-order valence-corrected chi connectivity index (χ3v) is 4.83. The maximum Gasteiger partial charge on any atom is 0.338 e. The van der Waals surface area contributed by atoms with E-state index in [9.17, 15) is 14.4 Å². The molecule has 0 aliphatic carbocycles. The third kappa shape index (κ3) is 4.68. The predicted molar refractivity (Wildman–Crippen MR) is 113 cm³/mol. The van der Waals surface area contributed by atoms with Crippen LogP contribution in [-0.4, -0.2) is 42.6 Å². The van der Waals surface area contributed by atoms with Gasteiger partial charge in [0, 0.05) is 22.3 Å². The largest absolute Gasteiger partial charge is 0.465 e. The van der Waals surface area contributed by atoms with Gasteiger partial charge in [-0.2, -0.15) is 0 Å². The quantitative estimate of drug-likeness (QED) is 0.604. The number of H-pyrrole nitrogens is 1. The number of hydrogen-bond donors (Lipinski definition) is 1. The average Bonchev–Trinajstić information content (AvgIpc) is 3.04. The lowest BCUT2D eigenvalue weighted by atomic mass is 10.1. The molecule has 1 amide bonds. The number of carbonyl (C=O) groups excluding carboxylic acids is 3. The fraction of sp³-hybridized carbons (Fsp3) is 0.261. The second-order valence-corrected chi connectivity index (χ2v) is 6.83. The number of benzene rings is 2. The van der Waals surface area contributed by atoms with Gasteiger partial charge >= 0.3 is 11.9 Å². The van der Waals surface area contributed by atoms with E-state index in [4.69, 9.17) is 9.47 Å². The molecule has 0 fully saturated rings. The van der Waals surface area contributed by atoms with Gasteiger partial charge in [0.15, 0.2) is 6.61 Å². The summed E-state index contributed by atoms with van der Waals surface area (Å²) in [6.45, 7) is 5.09. The maximum atomic E-state index is 12.7. The summed E-state index contributed by atoms with van der Waals surface area (Å²) in [6.07, 6.45) is 0. The summed E-state index contributed by atoms with van der Waals surface area (Å²) in [4.78, 5) is 41.6. The number of anilines is 1. The summed E-state index contributed by atoms with van der Waals surface area (Å²) < 4.78 is 10.2. The van der Waals surface area contributed by atoms with Crippen molar-refractivity contribution >= 4 is 34.4 Å². The molecule has 1 heterocycles. The van der Waals surface area contributed by atoms with Gasteiger partial charge in [-0.25, -0.2) is 4.79 Å². The molecule has 7 nitrogen and oxygen atoms in total. The monoisotopic (exact) mass is 408 g/mol. The van der Waals surface area contributed by atoms with Crippen LogP contribution in [0.3, 0.4) is 0 Å². The van der Waals surface area contributed by atoms with Gasteiger partial charge in [0.05, 0.1) is 12.2 Å². The number of hydrogen-bond acceptors (Lipinski definition) is 5. The van der Waals surface area contributed by atoms with E-state index < -0.39 is 24.5 Å². The molecule has 1 aromatic heterocycles. The fourth-order valence-corrected chi connectivity index (χ4v) is 3.14. The molecule has 0 atom stereocenters. The van der Waals surface area contributed by atoms with E-state index in [0.29, 0.717) is 11.3 Å². The van der Waals surface area contributed by atoms with Crippen molar-refractivity contribution in [1.82, 2.24) is 4.98 Å². The van der Waals surface area contributed by atoms with Crippen LogP contribution in [0, 0.1) is 13.8 Å². The molecule has 0 saturated heterocycles. The third-order valence-electron chi connectivity index (χ3n) is 4.83. The first-order valence-electron chi connectivity index (χ1n) is 9.67. The van der Waals surface area contributed by atoms with Crippen LogP contribution < -0.4 is 4.90 Å². The summed E-state index contributed by atoms with van der Waals surface area (Å²) in [5.74, 6) is -1.66. The van der Waals surface area contributed by atoms with Crippen molar-refractivity contribution in [2.45, 2.75) is 20.8 Å². The van der Waals surface area contributed by atoms with E-state index in [-0.39, 0.29) is 13.2 Å². The topological polar surface area (TPSA) is 88.7 Å². The van der Waals surface area contributed by atoms with Crippen LogP contribution in [0.2, 0.25) is 0 Å². The Balaban J connectivity index is 1.72. The highest BCUT2D eigenvalue weighted by Crippen LogP contribution is 2.23. The Morgan fingerprint density at radius 2 is 1.73 bits per heavy atom. The second kappa shape index (κ2) is 9.26. The van der Waals surface area contributed by atoms with Gasteiger partial charge in [0.25, 0.3) is 5.91 Å². The van der Waals surface area contributed by atoms with Gasteiger partial charge in [-0.05, 0) is 56.7 Å². The van der Waals surface area contributed by atoms with Gasteiger partial charge in [0.1, 0.15) is 6.54 Å². The molecule has 0 bridgehead atoms. The van der Waals surface area contributed by atoms with Crippen LogP contribution in [0.5, 0.6) is 0 Å². The standard InChI is InChI=1S/C23H24N2O5/c1-4-29-22(27)13-25(18-8-6-5-7-9-18)21(26)14-30-23(28)17-10-11-20-19(12-17)15(2)16(3)24-20/h5-12,24H,4,13-14H2,1-3H3. The zero-order valence-electron chi connectivity index (χ0n) is 17.2. The highest BCUT2D eigenvalue weighted by molar-refractivity contribution is 6.01. The molecular formula is C23H24N2O5. The number of aromatic amines is 1. The Morgan fingerprint density at radius 3 is 2.43 bits per heavy atom. The molecule has 0 radical (unpaired) electrons. The fourth-order valence-electron chi connectivity index (χ4n) is 3.14. The SMILES string of the molecule is CCOC(=O)CN(C(=O)COC(=O)c1ccc2[nH]c(C)c(C)c2c1)c1ccccc1. The van der Waals surface area contributed by atoms with Crippen molar-refractivity contribution in [3.05, 3.63) is 65.4 Å². The number of para-hydroxylation sites is 1. The second-order valence-electron chi connectivity index (χ2n) is 6.83. The van der Waals surface area contributed by atoms with E-state index >= 15 is 0 Å². The Bertz CT molecular complexity index is 1070. The number of rotatable bonds is 7. The lowest BCUT2D eigenvalue weighted by Gasteiger charge is -2.21. The molecule has 7 heteroatoms. The van der Waals surface area contributed by atoms with Crippen LogP contribution in [0.15, 0.2) is 48.5 Å². The molecule has 0 aliphatic rings. The van der Waals surface area contributed by atoms with E-state index in [0.717, 1.165) is 22.2 Å². The van der Waals surface area contributed by atoms with Gasteiger partial charge in [0.2, 0.25) is 0 Å². The van der Waals surface area contributed by atoms with Crippen molar-refractivity contribution in [1.29, 1.82) is 0 Å². The predicted octanol–water partition coefficient (Wildman–Crippen LogP) is 3.54. The van der Waals surface area contributed by atoms with E-state index in [1.807, 2.05) is 19.9 Å². The van der Waals surface area contributed by atoms with Crippen LogP contribution >= 0.6 is 0 Å². The van der Waals surface area contributed by atoms with Crippen molar-refractivity contribution in [3.8, 4) is 0 Å². The van der Waals surface area contributed by atoms with Gasteiger partial charge in [-0.15, -0.1) is 0 Å². The number of nitrogens with one attached hydrogen (secondary N) is 1. The first kappa shape index (κ1) is 21.1. The summed E-state index contributed by atoms with van der Waals surface area (Å²) in [5.41, 5.74) is 3.89. The number of aryl methyl sites for hydroxylation is 2. The Hall–Kier alpha value is -3.61. The molecule has 1 N–H and O–H groups in total. The minimum absolute atomic E-state index is 0.213. The number of ether oxygens (including phenoxy) is 2. The number of esters is 2. The summed E-state index contributed by atoms with van der Waals surface area (Å²) in [5, 5.41) is 0.932. The number of amides is 1. The first-order valence-corrected chi connectivity index (χ1v) is 9.67. The maximum absolute atomic E-state index is 12.7. The molecule has 0 unspecified atom stereocenters. The summed E-state index contributed by atoms with van der Waals surface area (Å²) >= 11 is 0. The van der Waals surface area contributed by atoms with Crippen molar-refractivity contribution in [2.24, 2.45) is 0 Å². The zero-order chi connectivity index (χ0) is 21.7. The normalized spacial score (nSPS) is 10.6. The van der Waals surface area contributed by atoms with Crippen LogP contribution in [0.4, 0.5) is 5.69 Å². The lowest BCUT2D eigenvalue weighted by Crippen LogP contribution is -2.39. The number of fused-ring (bicyclic) bond motifs is 1. The zero-order valence-corrected chi connectivity index (χ0v) is 17.2. The van der Waals surface area contributed by atoms with Crippen molar-refractivity contribution in [2.75, 3.05) is 24.7 Å².